The second kappa shape index (κ2) is 7.98. The predicted molar refractivity (Wildman–Crippen MR) is 108 cm³/mol. The van der Waals surface area contributed by atoms with Gasteiger partial charge in [0.15, 0.2) is 16.7 Å². The molecule has 144 valence electrons. The molecule has 1 aliphatic heterocycles. The lowest BCUT2D eigenvalue weighted by molar-refractivity contribution is -0.118. The molecular weight excluding hydrogens is 374 g/mol. The van der Waals surface area contributed by atoms with Crippen molar-refractivity contribution in [2.45, 2.75) is 25.5 Å². The molecule has 7 heteroatoms. The molecular formula is C21H21N3O3S. The number of nitrogens with zero attached hydrogens (tertiary/aromatic N) is 2. The zero-order valence-electron chi connectivity index (χ0n) is 15.8. The van der Waals surface area contributed by atoms with E-state index in [0.717, 1.165) is 27.9 Å². The molecule has 4 rings (SSSR count). The molecule has 0 bridgehead atoms. The standard InChI is InChI=1S/C21H21N3O3S/c1-14-3-5-17(15(2)9-14)24-8-7-22-21(24)28-12-20(25)23-11-16-4-6-18-19(10-16)27-13-26-18/h3-10H,11-13H2,1-2H3,(H,23,25). The van der Waals surface area contributed by atoms with E-state index in [4.69, 9.17) is 9.47 Å². The van der Waals surface area contributed by atoms with Gasteiger partial charge in [0, 0.05) is 18.9 Å². The van der Waals surface area contributed by atoms with Gasteiger partial charge in [0.05, 0.1) is 11.4 Å². The predicted octanol–water partition coefficient (Wildman–Crippen LogP) is 3.63. The van der Waals surface area contributed by atoms with Gasteiger partial charge in [0.2, 0.25) is 12.7 Å². The number of carbonyl (C=O) groups is 1. The van der Waals surface area contributed by atoms with Crippen LogP contribution in [0.1, 0.15) is 16.7 Å². The van der Waals surface area contributed by atoms with Gasteiger partial charge < -0.3 is 14.8 Å². The highest BCUT2D eigenvalue weighted by Gasteiger charge is 2.14. The van der Waals surface area contributed by atoms with Crippen LogP contribution >= 0.6 is 11.8 Å². The number of hydrogen-bond acceptors (Lipinski definition) is 5. The Balaban J connectivity index is 1.35. The fourth-order valence-electron chi connectivity index (χ4n) is 3.09. The Morgan fingerprint density at radius 3 is 2.89 bits per heavy atom. The molecule has 0 atom stereocenters. The van der Waals surface area contributed by atoms with Crippen LogP contribution < -0.4 is 14.8 Å². The lowest BCUT2D eigenvalue weighted by Crippen LogP contribution is -2.24. The Kier molecular flexibility index (Phi) is 5.25. The van der Waals surface area contributed by atoms with Crippen molar-refractivity contribution in [1.82, 2.24) is 14.9 Å². The van der Waals surface area contributed by atoms with Crippen LogP contribution in [0.25, 0.3) is 5.69 Å². The molecule has 1 aromatic heterocycles. The number of fused-ring (bicyclic) bond motifs is 1. The van der Waals surface area contributed by atoms with Crippen molar-refractivity contribution in [2.75, 3.05) is 12.5 Å². The van der Waals surface area contributed by atoms with Gasteiger partial charge in [0.25, 0.3) is 0 Å². The van der Waals surface area contributed by atoms with Crippen LogP contribution in [0.3, 0.4) is 0 Å². The van der Waals surface area contributed by atoms with Crippen LogP contribution in [-0.2, 0) is 11.3 Å². The molecule has 3 aromatic rings. The first-order chi connectivity index (χ1) is 13.6. The molecule has 1 N–H and O–H groups in total. The monoisotopic (exact) mass is 395 g/mol. The number of aryl methyl sites for hydroxylation is 2. The number of hydrogen-bond donors (Lipinski definition) is 1. The van der Waals surface area contributed by atoms with Crippen molar-refractivity contribution in [1.29, 1.82) is 0 Å². The SMILES string of the molecule is Cc1ccc(-n2ccnc2SCC(=O)NCc2ccc3c(c2)OCO3)c(C)c1. The highest BCUT2D eigenvalue weighted by molar-refractivity contribution is 7.99. The molecule has 0 aliphatic carbocycles. The minimum atomic E-state index is -0.0437. The minimum Gasteiger partial charge on any atom is -0.454 e. The van der Waals surface area contributed by atoms with E-state index >= 15 is 0 Å². The maximum atomic E-state index is 12.3. The summed E-state index contributed by atoms with van der Waals surface area (Å²) in [5.74, 6) is 1.71. The van der Waals surface area contributed by atoms with E-state index < -0.39 is 0 Å². The molecule has 0 fully saturated rings. The third-order valence-electron chi connectivity index (χ3n) is 4.48. The van der Waals surface area contributed by atoms with Gasteiger partial charge in [-0.3, -0.25) is 9.36 Å². The van der Waals surface area contributed by atoms with Gasteiger partial charge in [-0.1, -0.05) is 35.5 Å². The molecule has 6 nitrogen and oxygen atoms in total. The molecule has 0 saturated carbocycles. The maximum Gasteiger partial charge on any atom is 0.231 e. The van der Waals surface area contributed by atoms with Crippen molar-refractivity contribution in [3.63, 3.8) is 0 Å². The Bertz CT molecular complexity index is 1020. The summed E-state index contributed by atoms with van der Waals surface area (Å²) in [5, 5.41) is 3.73. The van der Waals surface area contributed by atoms with Crippen molar-refractivity contribution in [2.24, 2.45) is 0 Å². The van der Waals surface area contributed by atoms with Crippen LogP contribution in [0.15, 0.2) is 53.9 Å². The highest BCUT2D eigenvalue weighted by atomic mass is 32.2. The highest BCUT2D eigenvalue weighted by Crippen LogP contribution is 2.32. The zero-order valence-corrected chi connectivity index (χ0v) is 16.6. The van der Waals surface area contributed by atoms with Crippen molar-refractivity contribution >= 4 is 17.7 Å². The first-order valence-electron chi connectivity index (χ1n) is 8.99. The van der Waals surface area contributed by atoms with E-state index in [1.807, 2.05) is 29.0 Å². The molecule has 1 amide bonds. The average Bonchev–Trinajstić information content (AvgIpc) is 3.33. The molecule has 0 spiro atoms. The molecule has 2 aromatic carbocycles. The first-order valence-corrected chi connectivity index (χ1v) is 9.98. The second-order valence-corrected chi connectivity index (χ2v) is 7.57. The van der Waals surface area contributed by atoms with E-state index in [1.54, 1.807) is 6.20 Å². The van der Waals surface area contributed by atoms with E-state index in [0.29, 0.717) is 12.3 Å². The topological polar surface area (TPSA) is 65.4 Å². The van der Waals surface area contributed by atoms with Crippen LogP contribution in [0.4, 0.5) is 0 Å². The van der Waals surface area contributed by atoms with Gasteiger partial charge in [-0.25, -0.2) is 4.98 Å². The second-order valence-electron chi connectivity index (χ2n) is 6.62. The number of amides is 1. The van der Waals surface area contributed by atoms with Crippen molar-refractivity contribution in [3.8, 4) is 17.2 Å². The fourth-order valence-corrected chi connectivity index (χ4v) is 3.88. The normalized spacial score (nSPS) is 12.2. The van der Waals surface area contributed by atoms with Crippen molar-refractivity contribution < 1.29 is 14.3 Å². The summed E-state index contributed by atoms with van der Waals surface area (Å²) in [5.41, 5.74) is 4.44. The van der Waals surface area contributed by atoms with Gasteiger partial charge in [0.1, 0.15) is 0 Å². The van der Waals surface area contributed by atoms with Gasteiger partial charge in [-0.15, -0.1) is 0 Å². The summed E-state index contributed by atoms with van der Waals surface area (Å²) in [4.78, 5) is 16.7. The summed E-state index contributed by atoms with van der Waals surface area (Å²) < 4.78 is 12.7. The number of nitrogens with one attached hydrogen (secondary N) is 1. The Morgan fingerprint density at radius 2 is 2.04 bits per heavy atom. The van der Waals surface area contributed by atoms with E-state index in [2.05, 4.69) is 42.3 Å². The lowest BCUT2D eigenvalue weighted by Gasteiger charge is -2.11. The number of imidazole rings is 1. The Labute approximate surface area is 167 Å². The van der Waals surface area contributed by atoms with Gasteiger partial charge >= 0.3 is 0 Å². The summed E-state index contributed by atoms with van der Waals surface area (Å²) in [7, 11) is 0. The first kappa shape index (κ1) is 18.4. The molecule has 0 unspecified atom stereocenters. The lowest BCUT2D eigenvalue weighted by atomic mass is 10.1. The summed E-state index contributed by atoms with van der Waals surface area (Å²) in [6.07, 6.45) is 3.68. The average molecular weight is 395 g/mol. The van der Waals surface area contributed by atoms with Gasteiger partial charge in [-0.05, 0) is 43.2 Å². The number of aromatic nitrogens is 2. The van der Waals surface area contributed by atoms with Crippen LogP contribution in [0, 0.1) is 13.8 Å². The fraction of sp³-hybridized carbons (Fsp3) is 0.238. The Hall–Kier alpha value is -2.93. The van der Waals surface area contributed by atoms with E-state index in [1.165, 1.54) is 22.9 Å². The molecule has 0 saturated heterocycles. The minimum absolute atomic E-state index is 0.0437. The maximum absolute atomic E-state index is 12.3. The number of carbonyl (C=O) groups excluding carboxylic acids is 1. The third-order valence-corrected chi connectivity index (χ3v) is 5.44. The summed E-state index contributed by atoms with van der Waals surface area (Å²) >= 11 is 1.42. The number of ether oxygens (including phenoxy) is 2. The smallest absolute Gasteiger partial charge is 0.231 e. The molecule has 2 heterocycles. The molecule has 0 radical (unpaired) electrons. The summed E-state index contributed by atoms with van der Waals surface area (Å²) in [6, 6.07) is 12.0. The van der Waals surface area contributed by atoms with Crippen molar-refractivity contribution in [3.05, 3.63) is 65.5 Å². The largest absolute Gasteiger partial charge is 0.454 e. The van der Waals surface area contributed by atoms with Crippen LogP contribution in [-0.4, -0.2) is 28.0 Å². The number of rotatable bonds is 6. The van der Waals surface area contributed by atoms with Gasteiger partial charge in [-0.2, -0.15) is 0 Å². The van der Waals surface area contributed by atoms with E-state index in [9.17, 15) is 4.79 Å². The molecule has 1 aliphatic rings. The van der Waals surface area contributed by atoms with Crippen LogP contribution in [0.2, 0.25) is 0 Å². The number of thioether (sulfide) groups is 1. The zero-order chi connectivity index (χ0) is 19.5. The third kappa shape index (κ3) is 3.99. The van der Waals surface area contributed by atoms with E-state index in [-0.39, 0.29) is 12.7 Å². The summed E-state index contributed by atoms with van der Waals surface area (Å²) in [6.45, 7) is 4.84. The Morgan fingerprint density at radius 1 is 1.18 bits per heavy atom. The molecule has 28 heavy (non-hydrogen) atoms. The number of benzene rings is 2. The quantitative estimate of drug-likeness (QED) is 0.646. The van der Waals surface area contributed by atoms with Crippen LogP contribution in [0.5, 0.6) is 11.5 Å².